The normalized spacial score (nSPS) is 13.2. The van der Waals surface area contributed by atoms with Gasteiger partial charge in [0.05, 0.1) is 12.2 Å². The Balaban J connectivity index is 3.53. The summed E-state index contributed by atoms with van der Waals surface area (Å²) in [6.07, 6.45) is 13.5. The zero-order valence-electron chi connectivity index (χ0n) is 17.7. The number of esters is 2. The van der Waals surface area contributed by atoms with Crippen molar-refractivity contribution in [3.8, 4) is 0 Å². The summed E-state index contributed by atoms with van der Waals surface area (Å²) in [4.78, 5) is 23.5. The van der Waals surface area contributed by atoms with Crippen molar-refractivity contribution in [3.63, 3.8) is 0 Å². The number of hydrogen-bond acceptors (Lipinski definition) is 4. The smallest absolute Gasteiger partial charge is 0.306 e. The average Bonchev–Trinajstić information content (AvgIpc) is 2.58. The van der Waals surface area contributed by atoms with Gasteiger partial charge in [-0.25, -0.2) is 0 Å². The van der Waals surface area contributed by atoms with E-state index in [1.165, 1.54) is 25.7 Å². The number of rotatable bonds is 17. The van der Waals surface area contributed by atoms with E-state index in [2.05, 4.69) is 13.8 Å². The fraction of sp³-hybridized carbons (Fsp3) is 0.909. The number of carbonyl (C=O) groups excluding carboxylic acids is 2. The maximum absolute atomic E-state index is 11.8. The molecule has 0 aliphatic heterocycles. The fourth-order valence-electron chi connectivity index (χ4n) is 2.94. The van der Waals surface area contributed by atoms with Crippen molar-refractivity contribution in [2.24, 2.45) is 0 Å². The topological polar surface area (TPSA) is 52.6 Å². The van der Waals surface area contributed by atoms with E-state index in [4.69, 9.17) is 9.47 Å². The lowest BCUT2D eigenvalue weighted by Crippen LogP contribution is -2.15. The summed E-state index contributed by atoms with van der Waals surface area (Å²) in [6, 6.07) is 0. The first-order chi connectivity index (χ1) is 12.5. The Hall–Kier alpha value is -1.06. The highest BCUT2D eigenvalue weighted by molar-refractivity contribution is 5.69. The highest BCUT2D eigenvalue weighted by Gasteiger charge is 2.10. The monoisotopic (exact) mass is 370 g/mol. The SMILES string of the molecule is CCCCCC(C)OC(=O)CCCCCCC(=O)OC(C)CCCCC. The van der Waals surface area contributed by atoms with Crippen molar-refractivity contribution in [2.75, 3.05) is 0 Å². The third kappa shape index (κ3) is 16.4. The van der Waals surface area contributed by atoms with Gasteiger partial charge < -0.3 is 9.47 Å². The standard InChI is InChI=1S/C22H42O4/c1-5-7-11-15-19(3)25-21(23)17-13-9-10-14-18-22(24)26-20(4)16-12-8-6-2/h19-20H,5-18H2,1-4H3. The second kappa shape index (κ2) is 17.4. The number of carbonyl (C=O) groups is 2. The van der Waals surface area contributed by atoms with E-state index in [1.807, 2.05) is 13.8 Å². The molecule has 0 aromatic carbocycles. The van der Waals surface area contributed by atoms with Crippen LogP contribution < -0.4 is 0 Å². The van der Waals surface area contributed by atoms with Gasteiger partial charge in [0.25, 0.3) is 0 Å². The van der Waals surface area contributed by atoms with Crippen molar-refractivity contribution < 1.29 is 19.1 Å². The van der Waals surface area contributed by atoms with Crippen LogP contribution in [0.5, 0.6) is 0 Å². The molecule has 0 aromatic rings. The molecule has 0 aliphatic rings. The van der Waals surface area contributed by atoms with Gasteiger partial charge in [-0.1, -0.05) is 52.4 Å². The Morgan fingerprint density at radius 3 is 1.35 bits per heavy atom. The third-order valence-corrected chi connectivity index (χ3v) is 4.61. The molecule has 0 aromatic heterocycles. The molecule has 4 heteroatoms. The number of unbranched alkanes of at least 4 members (excludes halogenated alkanes) is 7. The molecule has 0 fully saturated rings. The number of hydrogen-bond donors (Lipinski definition) is 0. The lowest BCUT2D eigenvalue weighted by Gasteiger charge is -2.13. The Labute approximate surface area is 161 Å². The van der Waals surface area contributed by atoms with Gasteiger partial charge in [0.15, 0.2) is 0 Å². The second-order valence-corrected chi connectivity index (χ2v) is 7.51. The molecule has 4 nitrogen and oxygen atoms in total. The molecule has 0 saturated heterocycles. The first kappa shape index (κ1) is 24.9. The number of ether oxygens (including phenoxy) is 2. The van der Waals surface area contributed by atoms with Gasteiger partial charge in [-0.2, -0.15) is 0 Å². The van der Waals surface area contributed by atoms with Gasteiger partial charge in [0.1, 0.15) is 0 Å². The minimum atomic E-state index is -0.0886. The predicted octanol–water partition coefficient (Wildman–Crippen LogP) is 6.35. The van der Waals surface area contributed by atoms with E-state index in [0.29, 0.717) is 12.8 Å². The molecule has 26 heavy (non-hydrogen) atoms. The first-order valence-electron chi connectivity index (χ1n) is 10.9. The van der Waals surface area contributed by atoms with Crippen LogP contribution in [0.2, 0.25) is 0 Å². The van der Waals surface area contributed by atoms with E-state index in [1.54, 1.807) is 0 Å². The van der Waals surface area contributed by atoms with Crippen LogP contribution in [0.25, 0.3) is 0 Å². The van der Waals surface area contributed by atoms with Crippen LogP contribution in [-0.2, 0) is 19.1 Å². The van der Waals surface area contributed by atoms with E-state index >= 15 is 0 Å². The lowest BCUT2D eigenvalue weighted by atomic mass is 10.1. The van der Waals surface area contributed by atoms with Crippen LogP contribution >= 0.6 is 0 Å². The van der Waals surface area contributed by atoms with Gasteiger partial charge in [-0.05, 0) is 52.4 Å². The Morgan fingerprint density at radius 2 is 1.00 bits per heavy atom. The minimum absolute atomic E-state index is 0.0307. The molecule has 0 aliphatic carbocycles. The van der Waals surface area contributed by atoms with Crippen molar-refractivity contribution in [2.45, 2.75) is 130 Å². The molecule has 0 N–H and O–H groups in total. The van der Waals surface area contributed by atoms with Crippen molar-refractivity contribution in [1.82, 2.24) is 0 Å². The second-order valence-electron chi connectivity index (χ2n) is 7.51. The van der Waals surface area contributed by atoms with E-state index in [-0.39, 0.29) is 24.1 Å². The van der Waals surface area contributed by atoms with E-state index < -0.39 is 0 Å². The minimum Gasteiger partial charge on any atom is -0.463 e. The molecule has 0 spiro atoms. The molecule has 0 bridgehead atoms. The van der Waals surface area contributed by atoms with Gasteiger partial charge in [0, 0.05) is 12.8 Å². The molecule has 2 atom stereocenters. The first-order valence-corrected chi connectivity index (χ1v) is 10.9. The quantitative estimate of drug-likeness (QED) is 0.221. The molecule has 0 rings (SSSR count). The van der Waals surface area contributed by atoms with E-state index in [0.717, 1.165) is 51.4 Å². The summed E-state index contributed by atoms with van der Waals surface area (Å²) in [5.74, 6) is -0.177. The van der Waals surface area contributed by atoms with Gasteiger partial charge in [-0.3, -0.25) is 9.59 Å². The predicted molar refractivity (Wildman–Crippen MR) is 107 cm³/mol. The van der Waals surface area contributed by atoms with Gasteiger partial charge in [-0.15, -0.1) is 0 Å². The molecule has 154 valence electrons. The molecule has 2 unspecified atom stereocenters. The van der Waals surface area contributed by atoms with Crippen LogP contribution in [0, 0.1) is 0 Å². The highest BCUT2D eigenvalue weighted by Crippen LogP contribution is 2.12. The third-order valence-electron chi connectivity index (χ3n) is 4.61. The molecule has 0 amide bonds. The molecule has 0 heterocycles. The average molecular weight is 371 g/mol. The van der Waals surface area contributed by atoms with Crippen molar-refractivity contribution in [3.05, 3.63) is 0 Å². The van der Waals surface area contributed by atoms with E-state index in [9.17, 15) is 9.59 Å². The summed E-state index contributed by atoms with van der Waals surface area (Å²) in [7, 11) is 0. The Kier molecular flexibility index (Phi) is 16.7. The van der Waals surface area contributed by atoms with Gasteiger partial charge >= 0.3 is 11.9 Å². The fourth-order valence-corrected chi connectivity index (χ4v) is 2.94. The zero-order chi connectivity index (χ0) is 19.6. The lowest BCUT2D eigenvalue weighted by molar-refractivity contribution is -0.150. The van der Waals surface area contributed by atoms with Crippen LogP contribution in [0.1, 0.15) is 118 Å². The van der Waals surface area contributed by atoms with Crippen LogP contribution in [0.4, 0.5) is 0 Å². The summed E-state index contributed by atoms with van der Waals surface area (Å²) < 4.78 is 10.8. The maximum Gasteiger partial charge on any atom is 0.306 e. The maximum atomic E-state index is 11.8. The van der Waals surface area contributed by atoms with Crippen LogP contribution in [-0.4, -0.2) is 24.1 Å². The van der Waals surface area contributed by atoms with Gasteiger partial charge in [0.2, 0.25) is 0 Å². The van der Waals surface area contributed by atoms with Crippen LogP contribution in [0.3, 0.4) is 0 Å². The molecular formula is C22H42O4. The Morgan fingerprint density at radius 1 is 0.615 bits per heavy atom. The zero-order valence-corrected chi connectivity index (χ0v) is 17.7. The summed E-state index contributed by atoms with van der Waals surface area (Å²) in [6.45, 7) is 8.29. The summed E-state index contributed by atoms with van der Waals surface area (Å²) >= 11 is 0. The molecule has 0 radical (unpaired) electrons. The van der Waals surface area contributed by atoms with Crippen molar-refractivity contribution in [1.29, 1.82) is 0 Å². The molecule has 0 saturated carbocycles. The van der Waals surface area contributed by atoms with Crippen molar-refractivity contribution >= 4 is 11.9 Å². The summed E-state index contributed by atoms with van der Waals surface area (Å²) in [5, 5.41) is 0. The summed E-state index contributed by atoms with van der Waals surface area (Å²) in [5.41, 5.74) is 0. The van der Waals surface area contributed by atoms with Crippen LogP contribution in [0.15, 0.2) is 0 Å². The Bertz CT molecular complexity index is 320. The largest absolute Gasteiger partial charge is 0.463 e. The molecular weight excluding hydrogens is 328 g/mol. The highest BCUT2D eigenvalue weighted by atomic mass is 16.5.